The molecule has 1 atom stereocenters. The van der Waals surface area contributed by atoms with Gasteiger partial charge in [0, 0.05) is 10.6 Å². The van der Waals surface area contributed by atoms with Crippen molar-refractivity contribution < 1.29 is 5.11 Å². The fourth-order valence-electron chi connectivity index (χ4n) is 2.27. The fraction of sp³-hybridized carbons (Fsp3) is 0.417. The van der Waals surface area contributed by atoms with Crippen LogP contribution in [0.15, 0.2) is 18.2 Å². The molecule has 0 bridgehead atoms. The monoisotopic (exact) mass is 270 g/mol. The number of likely N-dealkylation sites (tertiary alicyclic amines) is 1. The number of phenolic OH excluding ortho intramolecular Hbond substituents is 1. The third-order valence-corrected chi connectivity index (χ3v) is 3.52. The van der Waals surface area contributed by atoms with E-state index >= 15 is 0 Å². The molecule has 1 aromatic rings. The van der Waals surface area contributed by atoms with Crippen molar-refractivity contribution in [3.63, 3.8) is 0 Å². The van der Waals surface area contributed by atoms with Gasteiger partial charge in [0.25, 0.3) is 0 Å². The number of phenols is 1. The van der Waals surface area contributed by atoms with Crippen molar-refractivity contribution in [1.29, 1.82) is 0 Å². The van der Waals surface area contributed by atoms with Crippen molar-refractivity contribution in [3.05, 3.63) is 28.8 Å². The van der Waals surface area contributed by atoms with Gasteiger partial charge in [-0.25, -0.2) is 0 Å². The maximum atomic E-state index is 9.91. The van der Waals surface area contributed by atoms with Crippen LogP contribution in [0.2, 0.25) is 5.02 Å². The van der Waals surface area contributed by atoms with E-state index in [2.05, 4.69) is 4.90 Å². The Labute approximate surface area is 111 Å². The number of aromatic hydroxyl groups is 1. The molecule has 1 aromatic carbocycles. The molecule has 1 heterocycles. The smallest absolute Gasteiger partial charge is 0.120 e. The predicted octanol–water partition coefficient (Wildman–Crippen LogP) is 2.47. The van der Waals surface area contributed by atoms with Crippen LogP contribution in [0.1, 0.15) is 24.4 Å². The topological polar surface area (TPSA) is 49.5 Å². The van der Waals surface area contributed by atoms with Crippen LogP contribution in [0.4, 0.5) is 0 Å². The molecule has 0 aliphatic carbocycles. The standard InChI is InChI=1S/C12H15ClN2OS/c13-8-3-4-10(16)9(7-8)11(12(14)17)15-5-1-2-6-15/h3-4,7,11,16H,1-2,5-6H2,(H2,14,17). The minimum atomic E-state index is -0.216. The third kappa shape index (κ3) is 2.70. The Morgan fingerprint density at radius 3 is 2.65 bits per heavy atom. The highest BCUT2D eigenvalue weighted by atomic mass is 35.5. The zero-order chi connectivity index (χ0) is 12.4. The van der Waals surface area contributed by atoms with Crippen LogP contribution in [0.5, 0.6) is 5.75 Å². The van der Waals surface area contributed by atoms with Gasteiger partial charge in [-0.1, -0.05) is 23.8 Å². The first kappa shape index (κ1) is 12.6. The average molecular weight is 271 g/mol. The molecule has 3 nitrogen and oxygen atoms in total. The summed E-state index contributed by atoms with van der Waals surface area (Å²) in [5, 5.41) is 10.5. The first-order valence-corrected chi connectivity index (χ1v) is 6.40. The predicted molar refractivity (Wildman–Crippen MR) is 73.5 cm³/mol. The maximum absolute atomic E-state index is 9.91. The highest BCUT2D eigenvalue weighted by Crippen LogP contribution is 2.33. The molecule has 3 N–H and O–H groups in total. The van der Waals surface area contributed by atoms with Crippen molar-refractivity contribution in [2.45, 2.75) is 18.9 Å². The molecule has 1 saturated heterocycles. The van der Waals surface area contributed by atoms with Crippen LogP contribution in [-0.4, -0.2) is 28.1 Å². The van der Waals surface area contributed by atoms with E-state index in [1.165, 1.54) is 0 Å². The van der Waals surface area contributed by atoms with Crippen molar-refractivity contribution >= 4 is 28.8 Å². The van der Waals surface area contributed by atoms with Crippen LogP contribution in [-0.2, 0) is 0 Å². The van der Waals surface area contributed by atoms with Crippen LogP contribution < -0.4 is 5.73 Å². The summed E-state index contributed by atoms with van der Waals surface area (Å²) in [6, 6.07) is 4.75. The van der Waals surface area contributed by atoms with Crippen LogP contribution >= 0.6 is 23.8 Å². The second-order valence-electron chi connectivity index (χ2n) is 4.25. The highest BCUT2D eigenvalue weighted by molar-refractivity contribution is 7.80. The molecule has 0 amide bonds. The Balaban J connectivity index is 2.37. The second kappa shape index (κ2) is 5.21. The first-order valence-electron chi connectivity index (χ1n) is 5.61. The third-order valence-electron chi connectivity index (χ3n) is 3.06. The van der Waals surface area contributed by atoms with E-state index in [-0.39, 0.29) is 11.8 Å². The molecular weight excluding hydrogens is 256 g/mol. The summed E-state index contributed by atoms with van der Waals surface area (Å²) in [5.41, 5.74) is 6.50. The summed E-state index contributed by atoms with van der Waals surface area (Å²) in [6.45, 7) is 1.90. The molecule has 1 aliphatic heterocycles. The lowest BCUT2D eigenvalue weighted by Crippen LogP contribution is -2.35. The molecular formula is C12H15ClN2OS. The SMILES string of the molecule is NC(=S)C(c1cc(Cl)ccc1O)N1CCCC1. The summed E-state index contributed by atoms with van der Waals surface area (Å²) in [7, 11) is 0. The lowest BCUT2D eigenvalue weighted by molar-refractivity contribution is 0.298. The lowest BCUT2D eigenvalue weighted by atomic mass is 10.0. The van der Waals surface area contributed by atoms with Crippen molar-refractivity contribution in [2.75, 3.05) is 13.1 Å². The number of halogens is 1. The van der Waals surface area contributed by atoms with Crippen LogP contribution in [0.3, 0.4) is 0 Å². The Bertz CT molecular complexity index is 433. The molecule has 2 rings (SSSR count). The summed E-state index contributed by atoms with van der Waals surface area (Å²) in [5.74, 6) is 0.194. The number of hydrogen-bond donors (Lipinski definition) is 2. The minimum absolute atomic E-state index is 0.194. The van der Waals surface area contributed by atoms with Crippen molar-refractivity contribution in [2.24, 2.45) is 5.73 Å². The Morgan fingerprint density at radius 1 is 1.41 bits per heavy atom. The van der Waals surface area contributed by atoms with Gasteiger partial charge in [0.15, 0.2) is 0 Å². The van der Waals surface area contributed by atoms with Gasteiger partial charge in [-0.05, 0) is 44.1 Å². The van der Waals surface area contributed by atoms with Crippen molar-refractivity contribution in [1.82, 2.24) is 4.90 Å². The van der Waals surface area contributed by atoms with E-state index < -0.39 is 0 Å². The molecule has 17 heavy (non-hydrogen) atoms. The minimum Gasteiger partial charge on any atom is -0.508 e. The quantitative estimate of drug-likeness (QED) is 0.829. The van der Waals surface area contributed by atoms with E-state index in [9.17, 15) is 5.11 Å². The van der Waals surface area contributed by atoms with Gasteiger partial charge in [0.1, 0.15) is 5.75 Å². The van der Waals surface area contributed by atoms with E-state index in [0.29, 0.717) is 15.6 Å². The molecule has 5 heteroatoms. The molecule has 0 saturated carbocycles. The number of thiocarbonyl (C=S) groups is 1. The van der Waals surface area contributed by atoms with Crippen molar-refractivity contribution in [3.8, 4) is 5.75 Å². The fourth-order valence-corrected chi connectivity index (χ4v) is 2.73. The van der Waals surface area contributed by atoms with Gasteiger partial charge >= 0.3 is 0 Å². The van der Waals surface area contributed by atoms with E-state index in [4.69, 9.17) is 29.6 Å². The average Bonchev–Trinajstić information content (AvgIpc) is 2.76. The van der Waals surface area contributed by atoms with Gasteiger partial charge in [-0.15, -0.1) is 0 Å². The van der Waals surface area contributed by atoms with Gasteiger partial charge in [0.05, 0.1) is 11.0 Å². The largest absolute Gasteiger partial charge is 0.508 e. The Morgan fingerprint density at radius 2 is 2.06 bits per heavy atom. The number of benzene rings is 1. The summed E-state index contributed by atoms with van der Waals surface area (Å²) < 4.78 is 0. The Hall–Kier alpha value is -0.840. The van der Waals surface area contributed by atoms with Gasteiger partial charge < -0.3 is 10.8 Å². The molecule has 1 aliphatic rings. The number of nitrogens with zero attached hydrogens (tertiary/aromatic N) is 1. The summed E-state index contributed by atoms with van der Waals surface area (Å²) in [4.78, 5) is 2.57. The zero-order valence-corrected chi connectivity index (χ0v) is 11.0. The molecule has 0 aromatic heterocycles. The van der Waals surface area contributed by atoms with Gasteiger partial charge in [-0.2, -0.15) is 0 Å². The van der Waals surface area contributed by atoms with E-state index in [1.54, 1.807) is 18.2 Å². The molecule has 92 valence electrons. The lowest BCUT2D eigenvalue weighted by Gasteiger charge is -2.27. The highest BCUT2D eigenvalue weighted by Gasteiger charge is 2.27. The number of nitrogens with two attached hydrogens (primary N) is 1. The Kier molecular flexibility index (Phi) is 3.86. The second-order valence-corrected chi connectivity index (χ2v) is 5.16. The van der Waals surface area contributed by atoms with Crippen LogP contribution in [0, 0.1) is 0 Å². The van der Waals surface area contributed by atoms with Gasteiger partial charge in [0.2, 0.25) is 0 Å². The van der Waals surface area contributed by atoms with E-state index in [0.717, 1.165) is 25.9 Å². The first-order chi connectivity index (χ1) is 8.09. The summed E-state index contributed by atoms with van der Waals surface area (Å²) in [6.07, 6.45) is 2.28. The summed E-state index contributed by atoms with van der Waals surface area (Å²) >= 11 is 11.1. The number of hydrogen-bond acceptors (Lipinski definition) is 3. The molecule has 0 spiro atoms. The van der Waals surface area contributed by atoms with Crippen LogP contribution in [0.25, 0.3) is 0 Å². The van der Waals surface area contributed by atoms with E-state index in [1.807, 2.05) is 0 Å². The zero-order valence-electron chi connectivity index (χ0n) is 9.40. The van der Waals surface area contributed by atoms with Gasteiger partial charge in [-0.3, -0.25) is 4.90 Å². The molecule has 1 unspecified atom stereocenters. The number of rotatable bonds is 3. The maximum Gasteiger partial charge on any atom is 0.120 e. The normalized spacial score (nSPS) is 18.2. The molecule has 1 fully saturated rings. The molecule has 0 radical (unpaired) electrons.